The van der Waals surface area contributed by atoms with Gasteiger partial charge in [0.25, 0.3) is 0 Å². The zero-order valence-electron chi connectivity index (χ0n) is 26.0. The summed E-state index contributed by atoms with van der Waals surface area (Å²) < 4.78 is 18.1. The van der Waals surface area contributed by atoms with Crippen molar-refractivity contribution in [3.8, 4) is 17.2 Å². The Morgan fingerprint density at radius 2 is 1.80 bits per heavy atom. The first-order valence-electron chi connectivity index (χ1n) is 15.6. The van der Waals surface area contributed by atoms with Gasteiger partial charge in [-0.15, -0.1) is 0 Å². The molecule has 0 bridgehead atoms. The molecule has 0 aliphatic heterocycles. The third-order valence-electron chi connectivity index (χ3n) is 8.72. The molecular formula is C34H45IN2O8. The molecule has 3 atom stereocenters. The van der Waals surface area contributed by atoms with Crippen LogP contribution >= 0.6 is 22.6 Å². The van der Waals surface area contributed by atoms with Gasteiger partial charge in [0.1, 0.15) is 18.0 Å². The SMILES string of the molecule is COc1ccccc1CCN(C(=O)CCC1CCCC1)[C@@H]1CC(C(=O)NCCO)=C[C@H](Oc2c(I)cc(CO)cc2OC)[C@H]1O. The lowest BCUT2D eigenvalue weighted by molar-refractivity contribution is -0.138. The fraction of sp³-hybridized carbons (Fsp3) is 0.529. The van der Waals surface area contributed by atoms with Crippen molar-refractivity contribution >= 4 is 34.4 Å². The Morgan fingerprint density at radius 3 is 2.49 bits per heavy atom. The second-order valence-electron chi connectivity index (χ2n) is 11.6. The molecule has 2 aliphatic rings. The van der Waals surface area contributed by atoms with Crippen molar-refractivity contribution in [3.63, 3.8) is 0 Å². The number of hydrogen-bond donors (Lipinski definition) is 4. The summed E-state index contributed by atoms with van der Waals surface area (Å²) in [5.74, 6) is 1.51. The Labute approximate surface area is 278 Å². The van der Waals surface area contributed by atoms with E-state index in [1.807, 2.05) is 24.3 Å². The number of benzene rings is 2. The van der Waals surface area contributed by atoms with Crippen molar-refractivity contribution in [2.75, 3.05) is 33.9 Å². The minimum atomic E-state index is -1.16. The summed E-state index contributed by atoms with van der Waals surface area (Å²) in [7, 11) is 3.10. The largest absolute Gasteiger partial charge is 0.496 e. The summed E-state index contributed by atoms with van der Waals surface area (Å²) in [6.45, 7) is -0.0146. The molecular weight excluding hydrogens is 691 g/mol. The molecule has 2 amide bonds. The number of carbonyl (C=O) groups is 2. The number of ether oxygens (including phenoxy) is 3. The number of methoxy groups -OCH3 is 2. The highest BCUT2D eigenvalue weighted by Crippen LogP contribution is 2.37. The van der Waals surface area contributed by atoms with E-state index >= 15 is 0 Å². The summed E-state index contributed by atoms with van der Waals surface area (Å²) in [6.07, 6.45) is 5.84. The molecule has 2 aromatic rings. The zero-order valence-corrected chi connectivity index (χ0v) is 28.2. The number of rotatable bonds is 15. The minimum Gasteiger partial charge on any atom is -0.496 e. The number of nitrogens with zero attached hydrogens (tertiary/aromatic N) is 1. The van der Waals surface area contributed by atoms with E-state index in [9.17, 15) is 24.9 Å². The average Bonchev–Trinajstić information content (AvgIpc) is 3.58. The third kappa shape index (κ3) is 9.11. The first-order chi connectivity index (χ1) is 21.8. The lowest BCUT2D eigenvalue weighted by atomic mass is 9.87. The van der Waals surface area contributed by atoms with Crippen LogP contribution in [0.15, 0.2) is 48.0 Å². The van der Waals surface area contributed by atoms with Gasteiger partial charge in [-0.1, -0.05) is 43.9 Å². The smallest absolute Gasteiger partial charge is 0.247 e. The highest BCUT2D eigenvalue weighted by atomic mass is 127. The number of para-hydroxylation sites is 1. The first-order valence-corrected chi connectivity index (χ1v) is 16.7. The van der Waals surface area contributed by atoms with Crippen LogP contribution in [0.5, 0.6) is 17.2 Å². The van der Waals surface area contributed by atoms with E-state index < -0.39 is 24.2 Å². The van der Waals surface area contributed by atoms with Crippen molar-refractivity contribution in [2.24, 2.45) is 5.92 Å². The maximum Gasteiger partial charge on any atom is 0.247 e. The maximum atomic E-state index is 14.0. The van der Waals surface area contributed by atoms with Crippen LogP contribution in [0.3, 0.4) is 0 Å². The number of halogens is 1. The van der Waals surface area contributed by atoms with Crippen LogP contribution in [0.2, 0.25) is 0 Å². The number of aliphatic hydroxyl groups excluding tert-OH is 3. The molecule has 10 nitrogen and oxygen atoms in total. The maximum absolute atomic E-state index is 14.0. The summed E-state index contributed by atoms with van der Waals surface area (Å²) in [5, 5.41) is 33.6. The predicted octanol–water partition coefficient (Wildman–Crippen LogP) is 3.76. The Balaban J connectivity index is 1.67. The second kappa shape index (κ2) is 17.2. The summed E-state index contributed by atoms with van der Waals surface area (Å²) in [6, 6.07) is 10.3. The molecule has 0 radical (unpaired) electrons. The predicted molar refractivity (Wildman–Crippen MR) is 178 cm³/mol. The van der Waals surface area contributed by atoms with E-state index in [4.69, 9.17) is 14.2 Å². The molecule has 4 N–H and O–H groups in total. The zero-order chi connectivity index (χ0) is 32.3. The normalized spacial score (nSPS) is 20.0. The minimum absolute atomic E-state index is 0.0705. The van der Waals surface area contributed by atoms with Crippen LogP contribution in [0.25, 0.3) is 0 Å². The highest BCUT2D eigenvalue weighted by Gasteiger charge is 2.41. The van der Waals surface area contributed by atoms with Gasteiger partial charge in [0, 0.05) is 31.5 Å². The topological polar surface area (TPSA) is 138 Å². The van der Waals surface area contributed by atoms with Gasteiger partial charge < -0.3 is 39.7 Å². The van der Waals surface area contributed by atoms with E-state index in [0.29, 0.717) is 51.5 Å². The molecule has 0 aromatic heterocycles. The van der Waals surface area contributed by atoms with Gasteiger partial charge in [0.15, 0.2) is 11.5 Å². The molecule has 4 rings (SSSR count). The van der Waals surface area contributed by atoms with Crippen LogP contribution in [0, 0.1) is 9.49 Å². The number of hydrogen-bond acceptors (Lipinski definition) is 8. The number of carbonyl (C=O) groups excluding carboxylic acids is 2. The van der Waals surface area contributed by atoms with Crippen LogP contribution in [-0.4, -0.2) is 84.2 Å². The van der Waals surface area contributed by atoms with Gasteiger partial charge in [-0.25, -0.2) is 0 Å². The molecule has 0 unspecified atom stereocenters. The first kappa shape index (κ1) is 35.0. The fourth-order valence-electron chi connectivity index (χ4n) is 6.29. The van der Waals surface area contributed by atoms with Crippen molar-refractivity contribution in [3.05, 3.63) is 62.7 Å². The van der Waals surface area contributed by atoms with Crippen LogP contribution in [0.4, 0.5) is 0 Å². The average molecular weight is 737 g/mol. The quantitative estimate of drug-likeness (QED) is 0.203. The van der Waals surface area contributed by atoms with Crippen LogP contribution in [-0.2, 0) is 22.6 Å². The second-order valence-corrected chi connectivity index (χ2v) is 12.8. The van der Waals surface area contributed by atoms with Crippen molar-refractivity contribution in [1.82, 2.24) is 10.2 Å². The third-order valence-corrected chi connectivity index (χ3v) is 9.52. The van der Waals surface area contributed by atoms with Gasteiger partial charge in [-0.3, -0.25) is 9.59 Å². The number of nitrogens with one attached hydrogen (secondary N) is 1. The molecule has 2 aliphatic carbocycles. The van der Waals surface area contributed by atoms with Gasteiger partial charge in [0.2, 0.25) is 11.8 Å². The fourth-order valence-corrected chi connectivity index (χ4v) is 7.08. The van der Waals surface area contributed by atoms with Crippen LogP contribution < -0.4 is 19.5 Å². The number of aliphatic hydroxyl groups is 3. The molecule has 246 valence electrons. The Kier molecular flexibility index (Phi) is 13.3. The van der Waals surface area contributed by atoms with E-state index in [0.717, 1.165) is 30.6 Å². The number of amides is 2. The molecule has 1 saturated carbocycles. The van der Waals surface area contributed by atoms with Crippen molar-refractivity contribution < 1.29 is 39.1 Å². The molecule has 11 heteroatoms. The van der Waals surface area contributed by atoms with Gasteiger partial charge >= 0.3 is 0 Å². The monoisotopic (exact) mass is 736 g/mol. The molecule has 1 fully saturated rings. The Hall–Kier alpha value is -2.87. The van der Waals surface area contributed by atoms with Gasteiger partial charge in [-0.2, -0.15) is 0 Å². The lowest BCUT2D eigenvalue weighted by Crippen LogP contribution is -2.55. The van der Waals surface area contributed by atoms with E-state index in [2.05, 4.69) is 27.9 Å². The van der Waals surface area contributed by atoms with E-state index in [-0.39, 0.29) is 32.1 Å². The standard InChI is InChI=1S/C34H45IN2O8/c1-43-28-10-6-5-9-24(28)13-15-37(31(40)12-11-22-7-3-4-8-22)27-19-25(34(42)36-14-16-38)20-29(32(27)41)45-33-26(35)17-23(21-39)18-30(33)44-2/h5-6,9-10,17-18,20,22,27,29,32,38-39,41H,3-4,7-8,11-16,19,21H2,1-2H3,(H,36,42)/t27-,29+,32+/m1/s1. The molecule has 45 heavy (non-hydrogen) atoms. The lowest BCUT2D eigenvalue weighted by Gasteiger charge is -2.41. The Morgan fingerprint density at radius 1 is 1.07 bits per heavy atom. The highest BCUT2D eigenvalue weighted by molar-refractivity contribution is 14.1. The van der Waals surface area contributed by atoms with E-state index in [1.54, 1.807) is 30.2 Å². The summed E-state index contributed by atoms with van der Waals surface area (Å²) in [5.41, 5.74) is 1.93. The van der Waals surface area contributed by atoms with Crippen molar-refractivity contribution in [2.45, 2.75) is 76.2 Å². The molecule has 0 saturated heterocycles. The van der Waals surface area contributed by atoms with Gasteiger partial charge in [-0.05, 0) is 76.8 Å². The van der Waals surface area contributed by atoms with E-state index in [1.165, 1.54) is 20.0 Å². The Bertz CT molecular complexity index is 1330. The summed E-state index contributed by atoms with van der Waals surface area (Å²) in [4.78, 5) is 29.0. The van der Waals surface area contributed by atoms with Crippen LogP contribution in [0.1, 0.15) is 56.1 Å². The summed E-state index contributed by atoms with van der Waals surface area (Å²) >= 11 is 2.08. The van der Waals surface area contributed by atoms with Gasteiger partial charge in [0.05, 0.1) is 37.0 Å². The van der Waals surface area contributed by atoms with Crippen molar-refractivity contribution in [1.29, 1.82) is 0 Å². The molecule has 0 heterocycles. The molecule has 2 aromatic carbocycles. The molecule has 0 spiro atoms.